The van der Waals surface area contributed by atoms with Gasteiger partial charge in [0.2, 0.25) is 0 Å². The fourth-order valence-electron chi connectivity index (χ4n) is 1.48. The first-order valence-electron chi connectivity index (χ1n) is 4.79. The fraction of sp³-hybridized carbons (Fsp3) is 0.500. The molecule has 0 fully saturated rings. The van der Waals surface area contributed by atoms with Crippen LogP contribution in [0.3, 0.4) is 0 Å². The Kier molecular flexibility index (Phi) is 3.10. The Morgan fingerprint density at radius 2 is 1.69 bits per heavy atom. The molecular formula is C12H19N. The van der Waals surface area contributed by atoms with Gasteiger partial charge < -0.3 is 5.73 Å². The lowest BCUT2D eigenvalue weighted by atomic mass is 9.86. The molecular weight excluding hydrogens is 158 g/mol. The van der Waals surface area contributed by atoms with E-state index in [-0.39, 0.29) is 6.04 Å². The monoisotopic (exact) mass is 177 g/mol. The van der Waals surface area contributed by atoms with Crippen LogP contribution >= 0.6 is 0 Å². The van der Waals surface area contributed by atoms with E-state index in [1.807, 2.05) is 18.2 Å². The molecule has 1 rings (SSSR count). The molecule has 1 aromatic carbocycles. The van der Waals surface area contributed by atoms with Crippen LogP contribution < -0.4 is 5.73 Å². The van der Waals surface area contributed by atoms with Crippen molar-refractivity contribution in [1.29, 1.82) is 0 Å². The van der Waals surface area contributed by atoms with Crippen LogP contribution in [0.25, 0.3) is 0 Å². The molecule has 72 valence electrons. The van der Waals surface area contributed by atoms with Crippen molar-refractivity contribution in [2.24, 2.45) is 11.1 Å². The van der Waals surface area contributed by atoms with Gasteiger partial charge in [0.05, 0.1) is 0 Å². The molecule has 0 amide bonds. The minimum Gasteiger partial charge on any atom is -0.324 e. The molecule has 0 radical (unpaired) electrons. The van der Waals surface area contributed by atoms with E-state index in [0.717, 1.165) is 6.42 Å². The lowest BCUT2D eigenvalue weighted by Crippen LogP contribution is -2.18. The highest BCUT2D eigenvalue weighted by Crippen LogP contribution is 2.27. The van der Waals surface area contributed by atoms with Crippen molar-refractivity contribution in [3.05, 3.63) is 35.9 Å². The van der Waals surface area contributed by atoms with Crippen molar-refractivity contribution in [1.82, 2.24) is 0 Å². The summed E-state index contributed by atoms with van der Waals surface area (Å²) in [6.45, 7) is 6.65. The van der Waals surface area contributed by atoms with Crippen molar-refractivity contribution in [2.45, 2.75) is 33.2 Å². The van der Waals surface area contributed by atoms with Gasteiger partial charge in [-0.15, -0.1) is 0 Å². The molecule has 1 atom stereocenters. The van der Waals surface area contributed by atoms with Gasteiger partial charge in [0, 0.05) is 6.04 Å². The molecule has 0 spiro atoms. The van der Waals surface area contributed by atoms with Gasteiger partial charge in [-0.3, -0.25) is 0 Å². The van der Waals surface area contributed by atoms with E-state index in [2.05, 4.69) is 32.9 Å². The zero-order valence-corrected chi connectivity index (χ0v) is 8.75. The van der Waals surface area contributed by atoms with Crippen molar-refractivity contribution in [3.8, 4) is 0 Å². The molecule has 0 aliphatic carbocycles. The molecule has 1 nitrogen and oxygen atoms in total. The zero-order valence-electron chi connectivity index (χ0n) is 8.75. The first-order valence-corrected chi connectivity index (χ1v) is 4.79. The molecule has 1 aromatic rings. The maximum absolute atomic E-state index is 6.08. The van der Waals surface area contributed by atoms with Gasteiger partial charge in [-0.05, 0) is 17.4 Å². The number of rotatable bonds is 2. The highest BCUT2D eigenvalue weighted by molar-refractivity contribution is 5.18. The Morgan fingerprint density at radius 3 is 2.15 bits per heavy atom. The van der Waals surface area contributed by atoms with E-state index in [1.54, 1.807) is 0 Å². The largest absolute Gasteiger partial charge is 0.324 e. The summed E-state index contributed by atoms with van der Waals surface area (Å²) >= 11 is 0. The molecule has 1 unspecified atom stereocenters. The van der Waals surface area contributed by atoms with E-state index in [1.165, 1.54) is 5.56 Å². The van der Waals surface area contributed by atoms with E-state index in [0.29, 0.717) is 5.41 Å². The van der Waals surface area contributed by atoms with E-state index in [9.17, 15) is 0 Å². The first-order chi connectivity index (χ1) is 5.99. The summed E-state index contributed by atoms with van der Waals surface area (Å²) in [6, 6.07) is 10.5. The summed E-state index contributed by atoms with van der Waals surface area (Å²) in [6.07, 6.45) is 1.02. The summed E-state index contributed by atoms with van der Waals surface area (Å²) in [7, 11) is 0. The van der Waals surface area contributed by atoms with Crippen molar-refractivity contribution in [2.75, 3.05) is 0 Å². The summed E-state index contributed by atoms with van der Waals surface area (Å²) < 4.78 is 0. The number of benzene rings is 1. The molecule has 0 aromatic heterocycles. The Morgan fingerprint density at radius 1 is 1.15 bits per heavy atom. The molecule has 0 saturated heterocycles. The SMILES string of the molecule is CC(C)(C)CC(N)c1ccccc1. The predicted molar refractivity (Wildman–Crippen MR) is 57.4 cm³/mol. The summed E-state index contributed by atoms with van der Waals surface area (Å²) in [5.74, 6) is 0. The average molecular weight is 177 g/mol. The molecule has 0 heterocycles. The van der Waals surface area contributed by atoms with E-state index < -0.39 is 0 Å². The number of nitrogens with two attached hydrogens (primary N) is 1. The van der Waals surface area contributed by atoms with Crippen LogP contribution in [0.4, 0.5) is 0 Å². The molecule has 2 N–H and O–H groups in total. The molecule has 0 aliphatic heterocycles. The second-order valence-corrected chi connectivity index (χ2v) is 4.78. The summed E-state index contributed by atoms with van der Waals surface area (Å²) in [4.78, 5) is 0. The van der Waals surface area contributed by atoms with Gasteiger partial charge >= 0.3 is 0 Å². The fourth-order valence-corrected chi connectivity index (χ4v) is 1.48. The Hall–Kier alpha value is -0.820. The van der Waals surface area contributed by atoms with Crippen molar-refractivity contribution in [3.63, 3.8) is 0 Å². The van der Waals surface area contributed by atoms with Gasteiger partial charge in [0.1, 0.15) is 0 Å². The van der Waals surface area contributed by atoms with Crippen LogP contribution in [0, 0.1) is 5.41 Å². The minimum atomic E-state index is 0.168. The molecule has 0 saturated carbocycles. The smallest absolute Gasteiger partial charge is 0.0299 e. The number of hydrogen-bond donors (Lipinski definition) is 1. The van der Waals surface area contributed by atoms with Crippen LogP contribution in [-0.2, 0) is 0 Å². The third kappa shape index (κ3) is 3.60. The van der Waals surface area contributed by atoms with Crippen molar-refractivity contribution >= 4 is 0 Å². The van der Waals surface area contributed by atoms with Gasteiger partial charge in [-0.2, -0.15) is 0 Å². The van der Waals surface area contributed by atoms with Crippen molar-refractivity contribution < 1.29 is 0 Å². The maximum Gasteiger partial charge on any atom is 0.0299 e. The van der Waals surface area contributed by atoms with Gasteiger partial charge in [-0.1, -0.05) is 51.1 Å². The van der Waals surface area contributed by atoms with Crippen LogP contribution in [0.2, 0.25) is 0 Å². The molecule has 0 aliphatic rings. The van der Waals surface area contributed by atoms with Crippen LogP contribution in [0.5, 0.6) is 0 Å². The van der Waals surface area contributed by atoms with Crippen LogP contribution in [0.15, 0.2) is 30.3 Å². The third-order valence-electron chi connectivity index (χ3n) is 2.06. The Labute approximate surface area is 81.0 Å². The minimum absolute atomic E-state index is 0.168. The molecule has 13 heavy (non-hydrogen) atoms. The second kappa shape index (κ2) is 3.93. The average Bonchev–Trinajstić information content (AvgIpc) is 2.03. The lowest BCUT2D eigenvalue weighted by Gasteiger charge is -2.23. The Bertz CT molecular complexity index is 246. The standard InChI is InChI=1S/C12H19N/c1-12(2,3)9-11(13)10-7-5-4-6-8-10/h4-8,11H,9,13H2,1-3H3. The van der Waals surface area contributed by atoms with E-state index >= 15 is 0 Å². The molecule has 1 heteroatoms. The van der Waals surface area contributed by atoms with Gasteiger partial charge in [0.15, 0.2) is 0 Å². The normalized spacial score (nSPS) is 14.2. The zero-order chi connectivity index (χ0) is 9.90. The van der Waals surface area contributed by atoms with Crippen LogP contribution in [-0.4, -0.2) is 0 Å². The highest BCUT2D eigenvalue weighted by Gasteiger charge is 2.16. The highest BCUT2D eigenvalue weighted by atomic mass is 14.6. The predicted octanol–water partition coefficient (Wildman–Crippen LogP) is 3.12. The lowest BCUT2D eigenvalue weighted by molar-refractivity contribution is 0.343. The maximum atomic E-state index is 6.08. The van der Waals surface area contributed by atoms with Crippen LogP contribution in [0.1, 0.15) is 38.8 Å². The first kappa shape index (κ1) is 10.3. The van der Waals surface area contributed by atoms with Gasteiger partial charge in [-0.25, -0.2) is 0 Å². The Balaban J connectivity index is 2.64. The summed E-state index contributed by atoms with van der Waals surface area (Å²) in [5.41, 5.74) is 7.62. The van der Waals surface area contributed by atoms with Gasteiger partial charge in [0.25, 0.3) is 0 Å². The second-order valence-electron chi connectivity index (χ2n) is 4.78. The summed E-state index contributed by atoms with van der Waals surface area (Å²) in [5, 5.41) is 0. The number of hydrogen-bond acceptors (Lipinski definition) is 1. The quantitative estimate of drug-likeness (QED) is 0.738. The van der Waals surface area contributed by atoms with E-state index in [4.69, 9.17) is 5.73 Å². The topological polar surface area (TPSA) is 26.0 Å². The molecule has 0 bridgehead atoms. The third-order valence-corrected chi connectivity index (χ3v) is 2.06.